The molecule has 98 valence electrons. The van der Waals surface area contributed by atoms with E-state index in [1.54, 1.807) is 6.07 Å². The fourth-order valence-electron chi connectivity index (χ4n) is 1.99. The summed E-state index contributed by atoms with van der Waals surface area (Å²) < 4.78 is 10.2. The van der Waals surface area contributed by atoms with Crippen LogP contribution in [0.1, 0.15) is 23.5 Å². The summed E-state index contributed by atoms with van der Waals surface area (Å²) in [6.07, 6.45) is 3.71. The van der Waals surface area contributed by atoms with Crippen molar-refractivity contribution in [3.05, 3.63) is 18.1 Å². The van der Waals surface area contributed by atoms with Crippen molar-refractivity contribution in [1.29, 1.82) is 0 Å². The zero-order valence-electron chi connectivity index (χ0n) is 10.5. The summed E-state index contributed by atoms with van der Waals surface area (Å²) in [7, 11) is 3.24. The highest BCUT2D eigenvalue weighted by Gasteiger charge is 2.30. The van der Waals surface area contributed by atoms with Crippen molar-refractivity contribution >= 4 is 5.97 Å². The summed E-state index contributed by atoms with van der Waals surface area (Å²) in [5.41, 5.74) is 0. The normalized spacial score (nSPS) is 22.1. The molecule has 1 aromatic heterocycles. The molecule has 1 N–H and O–H groups in total. The van der Waals surface area contributed by atoms with Crippen molar-refractivity contribution < 1.29 is 14.3 Å². The van der Waals surface area contributed by atoms with Gasteiger partial charge in [0.25, 0.3) is 0 Å². The maximum atomic E-state index is 11.3. The molecule has 1 aliphatic carbocycles. The summed E-state index contributed by atoms with van der Waals surface area (Å²) >= 11 is 0. The number of methoxy groups -OCH3 is 1. The molecule has 0 spiro atoms. The summed E-state index contributed by atoms with van der Waals surface area (Å²) in [5, 5.41) is 3.14. The van der Waals surface area contributed by atoms with E-state index >= 15 is 0 Å². The molecule has 0 atom stereocenters. The highest BCUT2D eigenvalue weighted by atomic mass is 16.5. The van der Waals surface area contributed by atoms with Crippen molar-refractivity contribution in [3.8, 4) is 5.88 Å². The zero-order chi connectivity index (χ0) is 13.0. The van der Waals surface area contributed by atoms with E-state index in [1.807, 2.05) is 7.05 Å². The summed E-state index contributed by atoms with van der Waals surface area (Å²) in [6.45, 7) is 1.01. The van der Waals surface area contributed by atoms with Gasteiger partial charge in [-0.2, -0.15) is 4.98 Å². The van der Waals surface area contributed by atoms with Gasteiger partial charge in [0.1, 0.15) is 6.10 Å². The van der Waals surface area contributed by atoms with Crippen LogP contribution in [0.2, 0.25) is 0 Å². The molecular weight excluding hydrogens is 234 g/mol. The van der Waals surface area contributed by atoms with Gasteiger partial charge >= 0.3 is 5.97 Å². The fourth-order valence-corrected chi connectivity index (χ4v) is 1.99. The van der Waals surface area contributed by atoms with E-state index in [-0.39, 0.29) is 11.9 Å². The molecule has 1 saturated carbocycles. The Morgan fingerprint density at radius 3 is 3.00 bits per heavy atom. The van der Waals surface area contributed by atoms with E-state index in [0.29, 0.717) is 11.8 Å². The minimum Gasteiger partial charge on any atom is -0.474 e. The van der Waals surface area contributed by atoms with Crippen LogP contribution < -0.4 is 10.1 Å². The fraction of sp³-hybridized carbons (Fsp3) is 0.583. The lowest BCUT2D eigenvalue weighted by atomic mass is 9.82. The van der Waals surface area contributed by atoms with Crippen LogP contribution in [0, 0.1) is 5.92 Å². The topological polar surface area (TPSA) is 73.3 Å². The van der Waals surface area contributed by atoms with Gasteiger partial charge in [0.15, 0.2) is 0 Å². The molecule has 0 bridgehead atoms. The van der Waals surface area contributed by atoms with Crippen molar-refractivity contribution in [2.24, 2.45) is 5.92 Å². The molecule has 6 heteroatoms. The molecule has 1 aliphatic rings. The number of hydrogen-bond donors (Lipinski definition) is 1. The number of nitrogens with zero attached hydrogens (tertiary/aromatic N) is 2. The van der Waals surface area contributed by atoms with Gasteiger partial charge in [-0.15, -0.1) is 0 Å². The third-order valence-corrected chi connectivity index (χ3v) is 2.97. The Kier molecular flexibility index (Phi) is 4.09. The molecule has 18 heavy (non-hydrogen) atoms. The maximum Gasteiger partial charge on any atom is 0.376 e. The second-order valence-electron chi connectivity index (χ2n) is 4.35. The first kappa shape index (κ1) is 12.8. The van der Waals surface area contributed by atoms with Crippen molar-refractivity contribution in [1.82, 2.24) is 15.3 Å². The molecule has 1 fully saturated rings. The molecule has 0 saturated heterocycles. The predicted octanol–water partition coefficient (Wildman–Crippen LogP) is 0.640. The molecule has 0 amide bonds. The second-order valence-corrected chi connectivity index (χ2v) is 4.35. The average molecular weight is 251 g/mol. The zero-order valence-corrected chi connectivity index (χ0v) is 10.5. The molecule has 2 rings (SSSR count). The van der Waals surface area contributed by atoms with Crippen molar-refractivity contribution in [3.63, 3.8) is 0 Å². The SMILES string of the molecule is CNCC1CC(Oc2ccnc(C(=O)OC)n2)C1. The molecule has 1 heterocycles. The van der Waals surface area contributed by atoms with E-state index in [0.717, 1.165) is 19.4 Å². The minimum absolute atomic E-state index is 0.0288. The number of carbonyl (C=O) groups is 1. The number of ether oxygens (including phenoxy) is 2. The van der Waals surface area contributed by atoms with E-state index in [2.05, 4.69) is 20.0 Å². The largest absolute Gasteiger partial charge is 0.474 e. The average Bonchev–Trinajstić information content (AvgIpc) is 2.36. The minimum atomic E-state index is -0.554. The molecule has 0 aliphatic heterocycles. The van der Waals surface area contributed by atoms with Crippen LogP contribution in [0.15, 0.2) is 12.3 Å². The number of nitrogens with one attached hydrogen (secondary N) is 1. The quantitative estimate of drug-likeness (QED) is 0.774. The lowest BCUT2D eigenvalue weighted by Gasteiger charge is -2.34. The number of hydrogen-bond acceptors (Lipinski definition) is 6. The van der Waals surface area contributed by atoms with E-state index in [4.69, 9.17) is 4.74 Å². The Hall–Kier alpha value is -1.69. The monoisotopic (exact) mass is 251 g/mol. The lowest BCUT2D eigenvalue weighted by Crippen LogP contribution is -2.38. The van der Waals surface area contributed by atoms with Gasteiger partial charge in [-0.05, 0) is 32.4 Å². The number of esters is 1. The summed E-state index contributed by atoms with van der Waals surface area (Å²) in [6, 6.07) is 1.65. The van der Waals surface area contributed by atoms with Gasteiger partial charge in [-0.3, -0.25) is 0 Å². The van der Waals surface area contributed by atoms with Gasteiger partial charge in [0.05, 0.1) is 7.11 Å². The molecule has 0 aromatic carbocycles. The molecule has 0 unspecified atom stereocenters. The predicted molar refractivity (Wildman–Crippen MR) is 64.4 cm³/mol. The van der Waals surface area contributed by atoms with Crippen LogP contribution in [0.4, 0.5) is 0 Å². The van der Waals surface area contributed by atoms with E-state index in [1.165, 1.54) is 13.3 Å². The second kappa shape index (κ2) is 5.77. The first-order valence-corrected chi connectivity index (χ1v) is 5.95. The third-order valence-electron chi connectivity index (χ3n) is 2.97. The Bertz CT molecular complexity index is 419. The van der Waals surface area contributed by atoms with Gasteiger partial charge in [-0.1, -0.05) is 0 Å². The van der Waals surface area contributed by atoms with Crippen molar-refractivity contribution in [2.45, 2.75) is 18.9 Å². The van der Waals surface area contributed by atoms with Crippen LogP contribution in [0.5, 0.6) is 5.88 Å². The van der Waals surface area contributed by atoms with Crippen LogP contribution >= 0.6 is 0 Å². The van der Waals surface area contributed by atoms with E-state index in [9.17, 15) is 4.79 Å². The molecular formula is C12H17N3O3. The number of aromatic nitrogens is 2. The molecule has 0 radical (unpaired) electrons. The van der Waals surface area contributed by atoms with Gasteiger partial charge in [-0.25, -0.2) is 9.78 Å². The Labute approximate surface area is 106 Å². The first-order valence-electron chi connectivity index (χ1n) is 5.95. The van der Waals surface area contributed by atoms with E-state index < -0.39 is 5.97 Å². The van der Waals surface area contributed by atoms with Crippen LogP contribution in [-0.2, 0) is 4.74 Å². The Balaban J connectivity index is 1.89. The highest BCUT2D eigenvalue weighted by molar-refractivity contribution is 5.84. The highest BCUT2D eigenvalue weighted by Crippen LogP contribution is 2.30. The van der Waals surface area contributed by atoms with Crippen LogP contribution in [0.25, 0.3) is 0 Å². The number of carbonyl (C=O) groups excluding carboxylic acids is 1. The maximum absolute atomic E-state index is 11.3. The van der Waals surface area contributed by atoms with Crippen LogP contribution in [0.3, 0.4) is 0 Å². The van der Waals surface area contributed by atoms with Gasteiger partial charge in [0.2, 0.25) is 11.7 Å². The summed E-state index contributed by atoms with van der Waals surface area (Å²) in [4.78, 5) is 19.1. The number of rotatable bonds is 5. The Morgan fingerprint density at radius 2 is 2.33 bits per heavy atom. The standard InChI is InChI=1S/C12H17N3O3/c1-13-7-8-5-9(6-8)18-10-3-4-14-11(15-10)12(16)17-2/h3-4,8-9,13H,5-7H2,1-2H3. The summed E-state index contributed by atoms with van der Waals surface area (Å²) in [5.74, 6) is 0.573. The molecule has 1 aromatic rings. The Morgan fingerprint density at radius 1 is 1.56 bits per heavy atom. The van der Waals surface area contributed by atoms with Crippen molar-refractivity contribution in [2.75, 3.05) is 20.7 Å². The first-order chi connectivity index (χ1) is 8.72. The smallest absolute Gasteiger partial charge is 0.376 e. The van der Waals surface area contributed by atoms with Crippen LogP contribution in [-0.4, -0.2) is 42.7 Å². The van der Waals surface area contributed by atoms with Gasteiger partial charge < -0.3 is 14.8 Å². The van der Waals surface area contributed by atoms with Gasteiger partial charge in [0, 0.05) is 12.3 Å². The lowest BCUT2D eigenvalue weighted by molar-refractivity contribution is 0.0549. The molecule has 6 nitrogen and oxygen atoms in total. The third kappa shape index (κ3) is 2.95.